The minimum absolute atomic E-state index is 0. The molecule has 0 unspecified atom stereocenters. The fraction of sp³-hybridized carbons (Fsp3) is 0.538. The maximum atomic E-state index is 5.36. The molecular formula is C26H47BrN2O4. The monoisotopic (exact) mass is 530 g/mol. The molecular weight excluding hydrogens is 484 g/mol. The third kappa shape index (κ3) is 21.0. The maximum Gasteiger partial charge on any atom is 0.169 e. The summed E-state index contributed by atoms with van der Waals surface area (Å²) in [7, 11) is 6.50. The van der Waals surface area contributed by atoms with Crippen molar-refractivity contribution in [1.82, 2.24) is 5.32 Å². The summed E-state index contributed by atoms with van der Waals surface area (Å²) in [6, 6.07) is 20.7. The molecule has 0 aliphatic rings. The smallest absolute Gasteiger partial charge is 0.169 e. The first-order valence-corrected chi connectivity index (χ1v) is 11.4. The van der Waals surface area contributed by atoms with Gasteiger partial charge in [-0.2, -0.15) is 0 Å². The number of methoxy groups -OCH3 is 4. The molecule has 2 aromatic carbocycles. The summed E-state index contributed by atoms with van der Waals surface area (Å²) in [6.45, 7) is 2.40. The fourth-order valence-electron chi connectivity index (χ4n) is 2.39. The molecule has 0 bridgehead atoms. The second-order valence-corrected chi connectivity index (χ2v) is 7.07. The van der Waals surface area contributed by atoms with Gasteiger partial charge in [0, 0.05) is 35.0 Å². The molecule has 0 aromatic heterocycles. The zero-order valence-corrected chi connectivity index (χ0v) is 20.8. The van der Waals surface area contributed by atoms with Crippen molar-refractivity contribution in [2.45, 2.75) is 40.3 Å². The Kier molecular flexibility index (Phi) is 29.6. The van der Waals surface area contributed by atoms with Crippen LogP contribution < -0.4 is 11.1 Å². The Bertz CT molecular complexity index is 592. The van der Waals surface area contributed by atoms with E-state index in [0.29, 0.717) is 0 Å². The average molecular weight is 532 g/mol. The predicted octanol–water partition coefficient (Wildman–Crippen LogP) is 4.90. The molecule has 0 aliphatic carbocycles. The Labute approximate surface area is 211 Å². The summed E-state index contributed by atoms with van der Waals surface area (Å²) in [4.78, 5) is 0. The summed E-state index contributed by atoms with van der Waals surface area (Å²) in [5.41, 5.74) is 8.02. The number of nitrogens with two attached hydrogens (primary N) is 1. The molecule has 0 fully saturated rings. The summed E-state index contributed by atoms with van der Waals surface area (Å²) in [6.07, 6.45) is 1.77. The number of rotatable bonds is 12. The van der Waals surface area contributed by atoms with Crippen LogP contribution in [0.5, 0.6) is 0 Å². The van der Waals surface area contributed by atoms with Crippen LogP contribution >= 0.6 is 15.9 Å². The molecule has 2 aromatic rings. The van der Waals surface area contributed by atoms with Crippen LogP contribution in [0.25, 0.3) is 0 Å². The molecule has 0 heterocycles. The van der Waals surface area contributed by atoms with E-state index < -0.39 is 0 Å². The summed E-state index contributed by atoms with van der Waals surface area (Å²) >= 11 is 3.19. The van der Waals surface area contributed by atoms with E-state index in [1.807, 2.05) is 24.3 Å². The van der Waals surface area contributed by atoms with E-state index in [1.165, 1.54) is 11.1 Å². The van der Waals surface area contributed by atoms with E-state index in [2.05, 4.69) is 57.6 Å². The summed E-state index contributed by atoms with van der Waals surface area (Å²) < 4.78 is 19.7. The van der Waals surface area contributed by atoms with Gasteiger partial charge in [-0.3, -0.25) is 0 Å². The van der Waals surface area contributed by atoms with E-state index in [-0.39, 0.29) is 27.4 Å². The number of benzene rings is 2. The molecule has 0 aliphatic heterocycles. The third-order valence-electron chi connectivity index (χ3n) is 4.20. The van der Waals surface area contributed by atoms with Crippen molar-refractivity contribution in [2.24, 2.45) is 5.73 Å². The molecule has 0 atom stereocenters. The lowest BCUT2D eigenvalue weighted by Gasteiger charge is -2.13. The van der Waals surface area contributed by atoms with Gasteiger partial charge in [0.2, 0.25) is 0 Å². The van der Waals surface area contributed by atoms with Crippen molar-refractivity contribution in [3.05, 3.63) is 71.8 Å². The second-order valence-electron chi connectivity index (χ2n) is 6.42. The minimum Gasteiger partial charge on any atom is -0.355 e. The quantitative estimate of drug-likeness (QED) is 0.231. The van der Waals surface area contributed by atoms with Crippen molar-refractivity contribution >= 4 is 15.9 Å². The first-order valence-electron chi connectivity index (χ1n) is 10.3. The predicted molar refractivity (Wildman–Crippen MR) is 145 cm³/mol. The lowest BCUT2D eigenvalue weighted by atomic mass is 10.1. The molecule has 3 N–H and O–H groups in total. The molecule has 7 heteroatoms. The molecule has 0 amide bonds. The molecule has 192 valence electrons. The first kappa shape index (κ1) is 36.3. The van der Waals surface area contributed by atoms with Gasteiger partial charge in [-0.25, -0.2) is 0 Å². The van der Waals surface area contributed by atoms with Crippen molar-refractivity contribution in [3.8, 4) is 0 Å². The van der Waals surface area contributed by atoms with Gasteiger partial charge in [0.15, 0.2) is 12.6 Å². The largest absolute Gasteiger partial charge is 0.355 e. The lowest BCUT2D eigenvalue weighted by Crippen LogP contribution is -2.31. The first-order chi connectivity index (χ1) is 15.1. The van der Waals surface area contributed by atoms with Crippen LogP contribution in [0.1, 0.15) is 26.0 Å². The van der Waals surface area contributed by atoms with Gasteiger partial charge >= 0.3 is 0 Å². The molecule has 0 radical (unpaired) electrons. The Morgan fingerprint density at radius 1 is 0.727 bits per heavy atom. The van der Waals surface area contributed by atoms with Crippen LogP contribution in [-0.2, 0) is 31.8 Å². The number of hydrogen-bond acceptors (Lipinski definition) is 6. The van der Waals surface area contributed by atoms with Gasteiger partial charge in [0.25, 0.3) is 0 Å². The molecule has 0 saturated carbocycles. The van der Waals surface area contributed by atoms with Crippen molar-refractivity contribution < 1.29 is 18.9 Å². The average Bonchev–Trinajstić information content (AvgIpc) is 2.83. The Morgan fingerprint density at radius 3 is 1.48 bits per heavy atom. The summed E-state index contributed by atoms with van der Waals surface area (Å²) in [5, 5.41) is 4.01. The normalized spacial score (nSPS) is 9.70. The van der Waals surface area contributed by atoms with Crippen molar-refractivity contribution in [1.29, 1.82) is 0 Å². The summed E-state index contributed by atoms with van der Waals surface area (Å²) in [5.74, 6) is 0. The number of hydrogen-bond donors (Lipinski definition) is 2. The van der Waals surface area contributed by atoms with E-state index in [0.717, 1.165) is 37.8 Å². The van der Waals surface area contributed by atoms with Crippen LogP contribution in [0.2, 0.25) is 0 Å². The molecule has 33 heavy (non-hydrogen) atoms. The van der Waals surface area contributed by atoms with Crippen LogP contribution in [0, 0.1) is 0 Å². The Morgan fingerprint density at radius 2 is 1.15 bits per heavy atom. The minimum atomic E-state index is -0.152. The van der Waals surface area contributed by atoms with Crippen molar-refractivity contribution in [3.63, 3.8) is 0 Å². The highest BCUT2D eigenvalue weighted by Crippen LogP contribution is 1.98. The van der Waals surface area contributed by atoms with Crippen molar-refractivity contribution in [2.75, 3.05) is 53.4 Å². The van der Waals surface area contributed by atoms with Crippen LogP contribution in [0.4, 0.5) is 0 Å². The SMILES string of the molecule is C.C.COC(CBr)OC.COC(CNCCc1ccccc1)OC.NCCc1ccccc1. The highest BCUT2D eigenvalue weighted by Gasteiger charge is 2.02. The van der Waals surface area contributed by atoms with Gasteiger partial charge in [-0.15, -0.1) is 0 Å². The topological polar surface area (TPSA) is 75.0 Å². The van der Waals surface area contributed by atoms with Gasteiger partial charge in [-0.1, -0.05) is 91.4 Å². The zero-order valence-electron chi connectivity index (χ0n) is 19.3. The third-order valence-corrected chi connectivity index (χ3v) is 4.73. The standard InChI is InChI=1S/C12H19NO2.C8H11N.C4H9BrO2.2CH4/c1-14-12(15-2)10-13-9-8-11-6-4-3-5-7-11;9-7-6-8-4-2-1-3-5-8;1-6-4(3-5)7-2;;/h3-7,12-13H,8-10H2,1-2H3;1-5H,6-7,9H2;4H,3H2,1-2H3;2*1H4. The second kappa shape index (κ2) is 26.9. The number of alkyl halides is 1. The van der Waals surface area contributed by atoms with Gasteiger partial charge in [0.1, 0.15) is 0 Å². The van der Waals surface area contributed by atoms with Crippen LogP contribution in [0.3, 0.4) is 0 Å². The highest BCUT2D eigenvalue weighted by molar-refractivity contribution is 9.09. The number of halogens is 1. The highest BCUT2D eigenvalue weighted by atomic mass is 79.9. The van der Waals surface area contributed by atoms with Gasteiger partial charge in [0.05, 0.1) is 5.33 Å². The number of ether oxygens (including phenoxy) is 4. The maximum absolute atomic E-state index is 5.36. The molecule has 0 saturated heterocycles. The molecule has 0 spiro atoms. The van der Waals surface area contributed by atoms with Crippen LogP contribution in [-0.4, -0.2) is 66.0 Å². The fourth-order valence-corrected chi connectivity index (χ4v) is 2.92. The number of nitrogens with one attached hydrogen (secondary N) is 1. The van der Waals surface area contributed by atoms with Gasteiger partial charge < -0.3 is 30.0 Å². The van der Waals surface area contributed by atoms with E-state index in [4.69, 9.17) is 24.7 Å². The molecule has 2 rings (SSSR count). The Balaban J connectivity index is -0.000000432. The van der Waals surface area contributed by atoms with Crippen LogP contribution in [0.15, 0.2) is 60.7 Å². The lowest BCUT2D eigenvalue weighted by molar-refractivity contribution is -0.0986. The molecule has 6 nitrogen and oxygen atoms in total. The van der Waals surface area contributed by atoms with E-state index >= 15 is 0 Å². The Hall–Kier alpha value is -1.32. The van der Waals surface area contributed by atoms with E-state index in [1.54, 1.807) is 28.4 Å². The zero-order chi connectivity index (χ0) is 23.2. The van der Waals surface area contributed by atoms with Gasteiger partial charge in [-0.05, 0) is 37.1 Å². The van der Waals surface area contributed by atoms with E-state index in [9.17, 15) is 0 Å².